The number of nitro benzene ring substituents is 1. The molecule has 3 aliphatic heterocycles. The minimum Gasteiger partial charge on any atom is -0.376 e. The fraction of sp³-hybridized carbons (Fsp3) is 0.440. The number of aryl methyl sites for hydroxylation is 1. The van der Waals surface area contributed by atoms with Crippen LogP contribution in [0.2, 0.25) is 0 Å². The van der Waals surface area contributed by atoms with Gasteiger partial charge < -0.3 is 14.2 Å². The van der Waals surface area contributed by atoms with Gasteiger partial charge in [-0.1, -0.05) is 24.0 Å². The zero-order valence-electron chi connectivity index (χ0n) is 19.9. The highest BCUT2D eigenvalue weighted by molar-refractivity contribution is 8.26. The molecular formula is C25H28N4O4S2. The molecule has 5 rings (SSSR count). The Bertz CT molecular complexity index is 1230. The van der Waals surface area contributed by atoms with Gasteiger partial charge in [-0.05, 0) is 69.4 Å². The lowest BCUT2D eigenvalue weighted by Gasteiger charge is -2.19. The molecule has 0 aliphatic carbocycles. The molecule has 1 amide bonds. The Balaban J connectivity index is 1.44. The maximum atomic E-state index is 13.1. The number of aromatic nitrogens is 1. The van der Waals surface area contributed by atoms with E-state index in [1.54, 1.807) is 11.0 Å². The number of rotatable bonds is 6. The first-order valence-electron chi connectivity index (χ1n) is 11.9. The van der Waals surface area contributed by atoms with Crippen molar-refractivity contribution in [3.05, 3.63) is 56.2 Å². The molecule has 1 aromatic carbocycles. The van der Waals surface area contributed by atoms with Crippen molar-refractivity contribution in [1.29, 1.82) is 0 Å². The normalized spacial score (nSPS) is 21.7. The molecule has 3 saturated heterocycles. The number of nitrogens with zero attached hydrogens (tertiary/aromatic N) is 4. The van der Waals surface area contributed by atoms with E-state index in [0.29, 0.717) is 21.5 Å². The van der Waals surface area contributed by atoms with Crippen molar-refractivity contribution in [2.45, 2.75) is 45.6 Å². The highest BCUT2D eigenvalue weighted by Gasteiger charge is 2.35. The Morgan fingerprint density at radius 3 is 2.69 bits per heavy atom. The summed E-state index contributed by atoms with van der Waals surface area (Å²) in [6, 6.07) is 7.44. The van der Waals surface area contributed by atoms with Crippen molar-refractivity contribution < 1.29 is 14.5 Å². The van der Waals surface area contributed by atoms with Crippen molar-refractivity contribution in [2.24, 2.45) is 0 Å². The van der Waals surface area contributed by atoms with Crippen LogP contribution in [-0.4, -0.2) is 57.0 Å². The number of thiocarbonyl (C=S) groups is 1. The van der Waals surface area contributed by atoms with Crippen molar-refractivity contribution in [3.8, 4) is 5.69 Å². The van der Waals surface area contributed by atoms with Crippen molar-refractivity contribution in [3.63, 3.8) is 0 Å². The number of benzene rings is 1. The Morgan fingerprint density at radius 2 is 2.00 bits per heavy atom. The fourth-order valence-electron chi connectivity index (χ4n) is 5.14. The summed E-state index contributed by atoms with van der Waals surface area (Å²) >= 11 is 6.79. The number of carbonyl (C=O) groups excluding carboxylic acids is 1. The second kappa shape index (κ2) is 9.75. The van der Waals surface area contributed by atoms with Gasteiger partial charge in [-0.15, -0.1) is 0 Å². The van der Waals surface area contributed by atoms with Gasteiger partial charge in [0.05, 0.1) is 28.2 Å². The number of nitro groups is 1. The number of thioether (sulfide) groups is 1. The summed E-state index contributed by atoms with van der Waals surface area (Å²) in [4.78, 5) is 29.0. The van der Waals surface area contributed by atoms with Crippen LogP contribution in [0.3, 0.4) is 0 Å². The Kier molecular flexibility index (Phi) is 6.69. The minimum absolute atomic E-state index is 0.0428. The Hall–Kier alpha value is -2.69. The van der Waals surface area contributed by atoms with Gasteiger partial charge in [0.2, 0.25) is 0 Å². The molecule has 184 valence electrons. The molecule has 0 N–H and O–H groups in total. The third-order valence-corrected chi connectivity index (χ3v) is 8.28. The molecule has 4 heterocycles. The summed E-state index contributed by atoms with van der Waals surface area (Å²) in [6.07, 6.45) is 5.98. The zero-order valence-corrected chi connectivity index (χ0v) is 21.5. The van der Waals surface area contributed by atoms with Crippen molar-refractivity contribution in [2.75, 3.05) is 31.1 Å². The van der Waals surface area contributed by atoms with Gasteiger partial charge in [0.15, 0.2) is 0 Å². The third-order valence-electron chi connectivity index (χ3n) is 6.90. The van der Waals surface area contributed by atoms with Crippen LogP contribution < -0.4 is 4.90 Å². The summed E-state index contributed by atoms with van der Waals surface area (Å²) in [7, 11) is 0. The molecule has 0 radical (unpaired) electrons. The number of anilines is 1. The maximum absolute atomic E-state index is 13.1. The first-order valence-corrected chi connectivity index (χ1v) is 13.2. The van der Waals surface area contributed by atoms with E-state index in [2.05, 4.69) is 4.90 Å². The molecule has 3 aliphatic rings. The summed E-state index contributed by atoms with van der Waals surface area (Å²) in [5.74, 6) is -0.0918. The van der Waals surface area contributed by atoms with E-state index in [9.17, 15) is 14.9 Å². The van der Waals surface area contributed by atoms with Crippen molar-refractivity contribution >= 4 is 51.7 Å². The van der Waals surface area contributed by atoms with Crippen LogP contribution >= 0.6 is 24.0 Å². The second-order valence-electron chi connectivity index (χ2n) is 9.21. The lowest BCUT2D eigenvalue weighted by atomic mass is 10.2. The van der Waals surface area contributed by atoms with Crippen LogP contribution in [-0.2, 0) is 9.53 Å². The highest BCUT2D eigenvalue weighted by atomic mass is 32.2. The molecule has 0 saturated carbocycles. The quantitative estimate of drug-likeness (QED) is 0.234. The third kappa shape index (κ3) is 4.62. The molecule has 8 nitrogen and oxygen atoms in total. The highest BCUT2D eigenvalue weighted by Crippen LogP contribution is 2.36. The van der Waals surface area contributed by atoms with Crippen LogP contribution in [0.1, 0.15) is 42.6 Å². The minimum atomic E-state index is -0.300. The molecule has 0 unspecified atom stereocenters. The number of carbonyl (C=O) groups is 1. The fourth-order valence-corrected chi connectivity index (χ4v) is 6.41. The van der Waals surface area contributed by atoms with Crippen molar-refractivity contribution in [1.82, 2.24) is 9.47 Å². The summed E-state index contributed by atoms with van der Waals surface area (Å²) < 4.78 is 8.24. The largest absolute Gasteiger partial charge is 0.376 e. The Morgan fingerprint density at radius 1 is 1.23 bits per heavy atom. The molecule has 35 heavy (non-hydrogen) atoms. The number of amides is 1. The first-order chi connectivity index (χ1) is 16.8. The molecule has 2 aromatic rings. The molecule has 1 atom stereocenters. The molecular weight excluding hydrogens is 484 g/mol. The Labute approximate surface area is 214 Å². The van der Waals surface area contributed by atoms with Crippen LogP contribution in [0.4, 0.5) is 11.4 Å². The predicted molar refractivity (Wildman–Crippen MR) is 142 cm³/mol. The van der Waals surface area contributed by atoms with Gasteiger partial charge in [0.1, 0.15) is 10.0 Å². The van der Waals surface area contributed by atoms with Gasteiger partial charge in [-0.25, -0.2) is 0 Å². The topological polar surface area (TPSA) is 80.8 Å². The zero-order chi connectivity index (χ0) is 24.7. The number of ether oxygens (including phenoxy) is 1. The van der Waals surface area contributed by atoms with E-state index >= 15 is 0 Å². The SMILES string of the molecule is Cc1cc(/C=C2\SC(=S)N(C[C@H]3CCCO3)C2=O)c(C)n1-c1ccc(N2CCCC2)c([N+](=O)[O-])c1. The van der Waals surface area contributed by atoms with Crippen LogP contribution in [0, 0.1) is 24.0 Å². The maximum Gasteiger partial charge on any atom is 0.294 e. The van der Waals surface area contributed by atoms with E-state index in [1.165, 1.54) is 11.8 Å². The van der Waals surface area contributed by atoms with Gasteiger partial charge in [-0.2, -0.15) is 0 Å². The monoisotopic (exact) mass is 512 g/mol. The number of hydrogen-bond donors (Lipinski definition) is 0. The van der Waals surface area contributed by atoms with Crippen LogP contribution in [0.25, 0.3) is 11.8 Å². The van der Waals surface area contributed by atoms with Gasteiger partial charge >= 0.3 is 0 Å². The second-order valence-corrected chi connectivity index (χ2v) is 10.9. The molecule has 3 fully saturated rings. The van der Waals surface area contributed by atoms with E-state index in [4.69, 9.17) is 17.0 Å². The van der Waals surface area contributed by atoms with E-state index in [-0.39, 0.29) is 22.6 Å². The smallest absolute Gasteiger partial charge is 0.294 e. The summed E-state index contributed by atoms with van der Waals surface area (Å²) in [5.41, 5.74) is 4.27. The predicted octanol–water partition coefficient (Wildman–Crippen LogP) is 4.98. The lowest BCUT2D eigenvalue weighted by Crippen LogP contribution is -2.35. The average Bonchev–Trinajstić information content (AvgIpc) is 3.62. The molecule has 1 aromatic heterocycles. The average molecular weight is 513 g/mol. The van der Waals surface area contributed by atoms with Gasteiger partial charge in [0, 0.05) is 37.2 Å². The molecule has 10 heteroatoms. The van der Waals surface area contributed by atoms with E-state index < -0.39 is 0 Å². The lowest BCUT2D eigenvalue weighted by molar-refractivity contribution is -0.384. The molecule has 0 spiro atoms. The first kappa shape index (κ1) is 24.0. The van der Waals surface area contributed by atoms with E-state index in [0.717, 1.165) is 68.0 Å². The standard InChI is InChI=1S/C25H28N4O4S2/c1-16-12-18(13-23-24(30)27(25(34)35-23)15-20-6-5-11-33-20)17(2)28(16)19-7-8-21(22(14-19)29(31)32)26-9-3-4-10-26/h7-8,12-14,20H,3-6,9-11,15H2,1-2H3/b23-13-/t20-/m1/s1. The summed E-state index contributed by atoms with van der Waals surface area (Å²) in [5, 5.41) is 11.9. The van der Waals surface area contributed by atoms with Gasteiger partial charge in [-0.3, -0.25) is 19.8 Å². The number of hydrogen-bond acceptors (Lipinski definition) is 7. The van der Waals surface area contributed by atoms with Gasteiger partial charge in [0.25, 0.3) is 11.6 Å². The van der Waals surface area contributed by atoms with E-state index in [1.807, 2.05) is 42.7 Å². The van der Waals surface area contributed by atoms with Crippen LogP contribution in [0.15, 0.2) is 29.2 Å². The molecule has 0 bridgehead atoms. The summed E-state index contributed by atoms with van der Waals surface area (Å²) in [6.45, 7) is 6.85. The van der Waals surface area contributed by atoms with Crippen LogP contribution in [0.5, 0.6) is 0 Å².